The Morgan fingerprint density at radius 2 is 2.00 bits per heavy atom. The molecule has 2 N–H and O–H groups in total. The maximum absolute atomic E-state index is 13.4. The number of hydrogen-bond acceptors (Lipinski definition) is 3. The number of aryl methyl sites for hydroxylation is 1. The van der Waals surface area contributed by atoms with E-state index < -0.39 is 5.97 Å². The predicted octanol–water partition coefficient (Wildman–Crippen LogP) is 1.97. The number of halogens is 2. The van der Waals surface area contributed by atoms with E-state index in [0.717, 1.165) is 5.56 Å². The molecule has 0 atom stereocenters. The topological polar surface area (TPSA) is 69.6 Å². The summed E-state index contributed by atoms with van der Waals surface area (Å²) >= 11 is 0. The lowest BCUT2D eigenvalue weighted by molar-refractivity contribution is -0.143. The lowest BCUT2D eigenvalue weighted by Gasteiger charge is -2.29. The number of carboxylic acid groups (broad SMARTS) is 1. The molecule has 128 valence electrons. The molecule has 0 aliphatic carbocycles. The zero-order valence-corrected chi connectivity index (χ0v) is 13.9. The first-order valence-electron chi connectivity index (χ1n) is 7.42. The summed E-state index contributed by atoms with van der Waals surface area (Å²) in [6, 6.07) is 4.90. The molecule has 0 unspecified atom stereocenters. The van der Waals surface area contributed by atoms with Crippen LogP contribution < -0.4 is 5.32 Å². The molecule has 1 aliphatic rings. The van der Waals surface area contributed by atoms with Gasteiger partial charge in [-0.25, -0.2) is 4.39 Å². The molecule has 7 heteroatoms. The van der Waals surface area contributed by atoms with Crippen molar-refractivity contribution in [2.24, 2.45) is 5.92 Å². The Hall–Kier alpha value is -1.66. The van der Waals surface area contributed by atoms with E-state index in [0.29, 0.717) is 38.0 Å². The number of carboxylic acids is 1. The summed E-state index contributed by atoms with van der Waals surface area (Å²) in [7, 11) is 0. The minimum absolute atomic E-state index is 0. The molecule has 1 saturated heterocycles. The molecule has 0 bridgehead atoms. The summed E-state index contributed by atoms with van der Waals surface area (Å²) in [6.07, 6.45) is 1.15. The van der Waals surface area contributed by atoms with Gasteiger partial charge in [-0.2, -0.15) is 0 Å². The number of amides is 1. The van der Waals surface area contributed by atoms with E-state index in [2.05, 4.69) is 5.32 Å². The number of piperidine rings is 1. The van der Waals surface area contributed by atoms with Crippen molar-refractivity contribution >= 4 is 24.3 Å². The van der Waals surface area contributed by atoms with E-state index in [1.165, 1.54) is 6.07 Å². The zero-order valence-electron chi connectivity index (χ0n) is 13.0. The van der Waals surface area contributed by atoms with Gasteiger partial charge in [0.05, 0.1) is 12.5 Å². The first kappa shape index (κ1) is 19.4. The molecule has 1 aromatic rings. The van der Waals surface area contributed by atoms with Gasteiger partial charge in [-0.1, -0.05) is 12.1 Å². The Labute approximate surface area is 141 Å². The second kappa shape index (κ2) is 8.84. The molecule has 5 nitrogen and oxygen atoms in total. The van der Waals surface area contributed by atoms with Crippen LogP contribution in [-0.4, -0.2) is 41.5 Å². The fourth-order valence-corrected chi connectivity index (χ4v) is 2.54. The molecule has 1 heterocycles. The second-order valence-corrected chi connectivity index (χ2v) is 5.75. The highest BCUT2D eigenvalue weighted by molar-refractivity contribution is 5.85. The number of nitrogens with one attached hydrogen (secondary N) is 1. The molecule has 1 aliphatic heterocycles. The van der Waals surface area contributed by atoms with E-state index in [1.54, 1.807) is 19.1 Å². The lowest BCUT2D eigenvalue weighted by atomic mass is 9.97. The van der Waals surface area contributed by atoms with Crippen molar-refractivity contribution in [1.29, 1.82) is 0 Å². The van der Waals surface area contributed by atoms with E-state index in [9.17, 15) is 14.0 Å². The van der Waals surface area contributed by atoms with E-state index >= 15 is 0 Å². The largest absolute Gasteiger partial charge is 0.481 e. The predicted molar refractivity (Wildman–Crippen MR) is 87.0 cm³/mol. The van der Waals surface area contributed by atoms with Crippen molar-refractivity contribution in [3.63, 3.8) is 0 Å². The summed E-state index contributed by atoms with van der Waals surface area (Å²) in [5, 5.41) is 11.7. The maximum Gasteiger partial charge on any atom is 0.306 e. The first-order chi connectivity index (χ1) is 10.5. The standard InChI is InChI=1S/C16H21FN2O3.ClH/c1-11-2-3-12(8-14(11)17)9-18-15(20)10-19-6-4-13(5-7-19)16(21)22;/h2-3,8,13H,4-7,9-10H2,1H3,(H,18,20)(H,21,22);1H. The Morgan fingerprint density at radius 3 is 2.57 bits per heavy atom. The zero-order chi connectivity index (χ0) is 16.1. The highest BCUT2D eigenvalue weighted by Gasteiger charge is 2.25. The Morgan fingerprint density at radius 1 is 1.35 bits per heavy atom. The fraction of sp³-hybridized carbons (Fsp3) is 0.500. The van der Waals surface area contributed by atoms with Crippen molar-refractivity contribution in [3.8, 4) is 0 Å². The van der Waals surface area contributed by atoms with Crippen molar-refractivity contribution < 1.29 is 19.1 Å². The Bertz CT molecular complexity index is 560. The Balaban J connectivity index is 0.00000264. The third kappa shape index (κ3) is 5.80. The van der Waals surface area contributed by atoms with Gasteiger partial charge in [0.2, 0.25) is 5.91 Å². The number of carbonyl (C=O) groups is 2. The number of carbonyl (C=O) groups excluding carboxylic acids is 1. The molecule has 2 rings (SSSR count). The SMILES string of the molecule is Cc1ccc(CNC(=O)CN2CCC(C(=O)O)CC2)cc1F.Cl. The van der Waals surface area contributed by atoms with Crippen LogP contribution in [0.5, 0.6) is 0 Å². The van der Waals surface area contributed by atoms with Crippen molar-refractivity contribution in [2.75, 3.05) is 19.6 Å². The normalized spacial score (nSPS) is 15.7. The number of hydrogen-bond donors (Lipinski definition) is 2. The van der Waals surface area contributed by atoms with Crippen LogP contribution in [0.15, 0.2) is 18.2 Å². The first-order valence-corrected chi connectivity index (χ1v) is 7.42. The van der Waals surface area contributed by atoms with Crippen LogP contribution in [-0.2, 0) is 16.1 Å². The van der Waals surface area contributed by atoms with Crippen molar-refractivity contribution in [2.45, 2.75) is 26.3 Å². The molecule has 23 heavy (non-hydrogen) atoms. The molecule has 1 aromatic carbocycles. The second-order valence-electron chi connectivity index (χ2n) is 5.75. The van der Waals surface area contributed by atoms with Crippen LogP contribution in [0.1, 0.15) is 24.0 Å². The lowest BCUT2D eigenvalue weighted by Crippen LogP contribution is -2.42. The van der Waals surface area contributed by atoms with Crippen LogP contribution in [0.25, 0.3) is 0 Å². The summed E-state index contributed by atoms with van der Waals surface area (Å²) in [5.74, 6) is -1.46. The molecular weight excluding hydrogens is 323 g/mol. The summed E-state index contributed by atoms with van der Waals surface area (Å²) in [6.45, 7) is 3.47. The summed E-state index contributed by atoms with van der Waals surface area (Å²) in [4.78, 5) is 24.7. The van der Waals surface area contributed by atoms with E-state index in [-0.39, 0.29) is 36.6 Å². The minimum Gasteiger partial charge on any atom is -0.481 e. The maximum atomic E-state index is 13.4. The average Bonchev–Trinajstić information content (AvgIpc) is 2.49. The third-order valence-electron chi connectivity index (χ3n) is 4.03. The Kier molecular flexibility index (Phi) is 7.45. The summed E-state index contributed by atoms with van der Waals surface area (Å²) < 4.78 is 13.4. The van der Waals surface area contributed by atoms with Gasteiger partial charge in [-0.05, 0) is 50.0 Å². The quantitative estimate of drug-likeness (QED) is 0.856. The highest BCUT2D eigenvalue weighted by atomic mass is 35.5. The monoisotopic (exact) mass is 344 g/mol. The summed E-state index contributed by atoms with van der Waals surface area (Å²) in [5.41, 5.74) is 1.30. The minimum atomic E-state index is -0.759. The van der Waals surface area contributed by atoms with Gasteiger partial charge in [0.25, 0.3) is 0 Å². The smallest absolute Gasteiger partial charge is 0.306 e. The van der Waals surface area contributed by atoms with Crippen molar-refractivity contribution in [1.82, 2.24) is 10.2 Å². The average molecular weight is 345 g/mol. The van der Waals surface area contributed by atoms with E-state index in [4.69, 9.17) is 5.11 Å². The van der Waals surface area contributed by atoms with Gasteiger partial charge in [-0.3, -0.25) is 14.5 Å². The van der Waals surface area contributed by atoms with Crippen LogP contribution in [0.3, 0.4) is 0 Å². The molecule has 0 saturated carbocycles. The van der Waals surface area contributed by atoms with Gasteiger partial charge < -0.3 is 10.4 Å². The molecule has 0 aromatic heterocycles. The molecule has 1 fully saturated rings. The van der Waals surface area contributed by atoms with Gasteiger partial charge in [0.15, 0.2) is 0 Å². The van der Waals surface area contributed by atoms with Crippen LogP contribution in [0.4, 0.5) is 4.39 Å². The fourth-order valence-electron chi connectivity index (χ4n) is 2.54. The van der Waals surface area contributed by atoms with Crippen LogP contribution in [0.2, 0.25) is 0 Å². The number of likely N-dealkylation sites (tertiary alicyclic amines) is 1. The molecule has 0 radical (unpaired) electrons. The van der Waals surface area contributed by atoms with Gasteiger partial charge in [0.1, 0.15) is 5.82 Å². The molecular formula is C16H22ClFN2O3. The highest BCUT2D eigenvalue weighted by Crippen LogP contribution is 2.16. The molecule has 0 spiro atoms. The van der Waals surface area contributed by atoms with Crippen molar-refractivity contribution in [3.05, 3.63) is 35.1 Å². The third-order valence-corrected chi connectivity index (χ3v) is 4.03. The van der Waals surface area contributed by atoms with E-state index in [1.807, 2.05) is 4.90 Å². The van der Waals surface area contributed by atoms with Gasteiger partial charge in [-0.15, -0.1) is 12.4 Å². The number of nitrogens with zero attached hydrogens (tertiary/aromatic N) is 1. The number of benzene rings is 1. The molecule has 1 amide bonds. The van der Waals surface area contributed by atoms with Crippen LogP contribution >= 0.6 is 12.4 Å². The van der Waals surface area contributed by atoms with Gasteiger partial charge >= 0.3 is 5.97 Å². The number of aliphatic carboxylic acids is 1. The van der Waals surface area contributed by atoms with Crippen LogP contribution in [0, 0.1) is 18.7 Å². The van der Waals surface area contributed by atoms with Gasteiger partial charge in [0, 0.05) is 6.54 Å². The number of rotatable bonds is 5.